The first-order valence-corrected chi connectivity index (χ1v) is 8.78. The molecular formula is C20H20FN3O2. The second-order valence-corrected chi connectivity index (χ2v) is 6.67. The number of hydrogen-bond acceptors (Lipinski definition) is 3. The lowest BCUT2D eigenvalue weighted by atomic mass is 10.1. The molecule has 6 heteroatoms. The number of fused-ring (bicyclic) bond motifs is 1. The average molecular weight is 353 g/mol. The molecular weight excluding hydrogens is 333 g/mol. The van der Waals surface area contributed by atoms with Crippen molar-refractivity contribution in [3.8, 4) is 11.3 Å². The molecule has 1 unspecified atom stereocenters. The zero-order valence-corrected chi connectivity index (χ0v) is 14.3. The number of carbonyl (C=O) groups excluding carboxylic acids is 1. The number of halogens is 1. The van der Waals surface area contributed by atoms with E-state index < -0.39 is 6.10 Å². The highest BCUT2D eigenvalue weighted by Gasteiger charge is 2.23. The van der Waals surface area contributed by atoms with E-state index in [9.17, 15) is 14.3 Å². The average Bonchev–Trinajstić information content (AvgIpc) is 3.01. The van der Waals surface area contributed by atoms with Crippen molar-refractivity contribution < 1.29 is 14.3 Å². The predicted molar refractivity (Wildman–Crippen MR) is 96.9 cm³/mol. The number of aliphatic hydroxyl groups is 1. The van der Waals surface area contributed by atoms with Crippen molar-refractivity contribution in [2.24, 2.45) is 0 Å². The zero-order valence-electron chi connectivity index (χ0n) is 14.3. The predicted octanol–water partition coefficient (Wildman–Crippen LogP) is 2.83. The summed E-state index contributed by atoms with van der Waals surface area (Å²) in [5.41, 5.74) is 2.37. The fourth-order valence-corrected chi connectivity index (χ4v) is 3.52. The van der Waals surface area contributed by atoms with Crippen molar-refractivity contribution in [1.82, 2.24) is 14.5 Å². The second-order valence-electron chi connectivity index (χ2n) is 6.67. The van der Waals surface area contributed by atoms with Crippen LogP contribution >= 0.6 is 0 Å². The highest BCUT2D eigenvalue weighted by molar-refractivity contribution is 5.87. The van der Waals surface area contributed by atoms with Gasteiger partial charge in [-0.25, -0.2) is 9.37 Å². The maximum absolute atomic E-state index is 13.3. The third kappa shape index (κ3) is 3.20. The van der Waals surface area contributed by atoms with E-state index >= 15 is 0 Å². The molecule has 1 aliphatic rings. The lowest BCUT2D eigenvalue weighted by molar-refractivity contribution is -0.134. The van der Waals surface area contributed by atoms with Gasteiger partial charge in [0.1, 0.15) is 18.0 Å². The molecule has 0 radical (unpaired) electrons. The number of β-amino-alcohol motifs (C(OH)–C–C–N with tert-alkyl or cyclic N) is 1. The molecule has 1 fully saturated rings. The van der Waals surface area contributed by atoms with Crippen LogP contribution in [0.25, 0.3) is 22.3 Å². The smallest absolute Gasteiger partial charge is 0.242 e. The van der Waals surface area contributed by atoms with E-state index in [-0.39, 0.29) is 18.3 Å². The minimum Gasteiger partial charge on any atom is -0.391 e. The van der Waals surface area contributed by atoms with Crippen LogP contribution in [-0.2, 0) is 11.3 Å². The number of rotatable bonds is 3. The monoisotopic (exact) mass is 353 g/mol. The van der Waals surface area contributed by atoms with Gasteiger partial charge in [0.25, 0.3) is 0 Å². The van der Waals surface area contributed by atoms with Gasteiger partial charge in [-0.3, -0.25) is 4.79 Å². The normalized spacial score (nSPS) is 17.6. The summed E-state index contributed by atoms with van der Waals surface area (Å²) in [7, 11) is 0. The molecule has 0 spiro atoms. The molecule has 1 amide bonds. The van der Waals surface area contributed by atoms with Gasteiger partial charge >= 0.3 is 0 Å². The molecule has 1 aromatic carbocycles. The van der Waals surface area contributed by atoms with Crippen molar-refractivity contribution in [2.45, 2.75) is 25.5 Å². The van der Waals surface area contributed by atoms with Gasteiger partial charge in [0.2, 0.25) is 5.91 Å². The Morgan fingerprint density at radius 1 is 1.27 bits per heavy atom. The highest BCUT2D eigenvalue weighted by atomic mass is 19.1. The zero-order chi connectivity index (χ0) is 18.1. The van der Waals surface area contributed by atoms with Gasteiger partial charge in [0, 0.05) is 24.7 Å². The Balaban J connectivity index is 1.72. The number of benzene rings is 1. The molecule has 26 heavy (non-hydrogen) atoms. The van der Waals surface area contributed by atoms with Crippen LogP contribution in [-0.4, -0.2) is 44.7 Å². The number of likely N-dealkylation sites (tertiary alicyclic amines) is 1. The lowest BCUT2D eigenvalue weighted by Gasteiger charge is -2.30. The summed E-state index contributed by atoms with van der Waals surface area (Å²) in [5.74, 6) is -0.344. The number of nitrogens with zero attached hydrogens (tertiary/aromatic N) is 3. The summed E-state index contributed by atoms with van der Waals surface area (Å²) in [6, 6.07) is 12.0. The highest BCUT2D eigenvalue weighted by Crippen LogP contribution is 2.27. The number of aliphatic hydroxyl groups excluding tert-OH is 1. The molecule has 5 nitrogen and oxygen atoms in total. The number of hydrogen-bond donors (Lipinski definition) is 1. The van der Waals surface area contributed by atoms with Crippen molar-refractivity contribution in [3.05, 3.63) is 54.5 Å². The van der Waals surface area contributed by atoms with E-state index in [2.05, 4.69) is 4.98 Å². The van der Waals surface area contributed by atoms with Crippen LogP contribution < -0.4 is 0 Å². The Labute approximate surface area is 150 Å². The fraction of sp³-hybridized carbons (Fsp3) is 0.300. The van der Waals surface area contributed by atoms with E-state index in [0.29, 0.717) is 13.1 Å². The Morgan fingerprint density at radius 2 is 2.08 bits per heavy atom. The molecule has 134 valence electrons. The molecule has 1 aliphatic heterocycles. The number of amides is 1. The first-order chi connectivity index (χ1) is 12.6. The summed E-state index contributed by atoms with van der Waals surface area (Å²) in [5, 5.41) is 10.8. The summed E-state index contributed by atoms with van der Waals surface area (Å²) in [4.78, 5) is 18.9. The second kappa shape index (κ2) is 6.88. The quantitative estimate of drug-likeness (QED) is 0.788. The minimum atomic E-state index is -0.455. The summed E-state index contributed by atoms with van der Waals surface area (Å²) in [6.45, 7) is 1.17. The van der Waals surface area contributed by atoms with Crippen LogP contribution in [0.1, 0.15) is 12.8 Å². The van der Waals surface area contributed by atoms with E-state index in [0.717, 1.165) is 35.1 Å². The molecule has 1 saturated heterocycles. The Kier molecular flexibility index (Phi) is 4.42. The SMILES string of the molecule is O=C(Cn1c(-c2ccc(F)cc2)cc2cccnc21)N1CCCC(O)C1. The third-order valence-electron chi connectivity index (χ3n) is 4.84. The first-order valence-electron chi connectivity index (χ1n) is 8.78. The molecule has 1 atom stereocenters. The number of piperidine rings is 1. The van der Waals surface area contributed by atoms with Crippen molar-refractivity contribution in [1.29, 1.82) is 0 Å². The van der Waals surface area contributed by atoms with Gasteiger partial charge in [-0.05, 0) is 60.9 Å². The summed E-state index contributed by atoms with van der Waals surface area (Å²) in [6.07, 6.45) is 2.78. The van der Waals surface area contributed by atoms with Crippen LogP contribution in [0.2, 0.25) is 0 Å². The first kappa shape index (κ1) is 16.7. The Bertz CT molecular complexity index is 936. The van der Waals surface area contributed by atoms with Gasteiger partial charge in [-0.2, -0.15) is 0 Å². The molecule has 0 aliphatic carbocycles. The van der Waals surface area contributed by atoms with E-state index in [1.807, 2.05) is 22.8 Å². The fourth-order valence-electron chi connectivity index (χ4n) is 3.52. The Hall–Kier alpha value is -2.73. The maximum Gasteiger partial charge on any atom is 0.242 e. The van der Waals surface area contributed by atoms with Crippen molar-refractivity contribution in [2.75, 3.05) is 13.1 Å². The molecule has 0 saturated carbocycles. The topological polar surface area (TPSA) is 58.4 Å². The van der Waals surface area contributed by atoms with E-state index in [1.165, 1.54) is 12.1 Å². The standard InChI is InChI=1S/C20H20FN3O2/c21-16-7-5-14(6-8-16)18-11-15-3-1-9-22-20(15)24(18)13-19(26)23-10-2-4-17(25)12-23/h1,3,5-9,11,17,25H,2,4,10,12-13H2. The molecule has 0 bridgehead atoms. The van der Waals surface area contributed by atoms with Crippen molar-refractivity contribution >= 4 is 16.9 Å². The van der Waals surface area contributed by atoms with Crippen LogP contribution in [0.15, 0.2) is 48.7 Å². The van der Waals surface area contributed by atoms with Gasteiger partial charge in [-0.1, -0.05) is 0 Å². The van der Waals surface area contributed by atoms with E-state index in [1.54, 1.807) is 23.2 Å². The molecule has 1 N–H and O–H groups in total. The largest absolute Gasteiger partial charge is 0.391 e. The number of pyridine rings is 1. The van der Waals surface area contributed by atoms with Gasteiger partial charge in [-0.15, -0.1) is 0 Å². The van der Waals surface area contributed by atoms with Crippen molar-refractivity contribution in [3.63, 3.8) is 0 Å². The summed E-state index contributed by atoms with van der Waals surface area (Å²) < 4.78 is 15.2. The van der Waals surface area contributed by atoms with Crippen LogP contribution in [0.5, 0.6) is 0 Å². The molecule has 4 rings (SSSR count). The minimum absolute atomic E-state index is 0.0461. The van der Waals surface area contributed by atoms with Gasteiger partial charge in [0.05, 0.1) is 11.8 Å². The third-order valence-corrected chi connectivity index (χ3v) is 4.84. The molecule has 3 heterocycles. The van der Waals surface area contributed by atoms with Gasteiger partial charge in [0.15, 0.2) is 0 Å². The molecule has 2 aromatic heterocycles. The Morgan fingerprint density at radius 3 is 2.85 bits per heavy atom. The van der Waals surface area contributed by atoms with Crippen LogP contribution in [0, 0.1) is 5.82 Å². The summed E-state index contributed by atoms with van der Waals surface area (Å²) >= 11 is 0. The van der Waals surface area contributed by atoms with Gasteiger partial charge < -0.3 is 14.6 Å². The molecule has 3 aromatic rings. The number of carbonyl (C=O) groups is 1. The van der Waals surface area contributed by atoms with Crippen LogP contribution in [0.4, 0.5) is 4.39 Å². The lowest BCUT2D eigenvalue weighted by Crippen LogP contribution is -2.43. The van der Waals surface area contributed by atoms with Crippen LogP contribution in [0.3, 0.4) is 0 Å². The van der Waals surface area contributed by atoms with E-state index in [4.69, 9.17) is 0 Å². The maximum atomic E-state index is 13.3. The number of aromatic nitrogens is 2.